The van der Waals surface area contributed by atoms with Crippen molar-refractivity contribution in [2.45, 2.75) is 39.0 Å². The van der Waals surface area contributed by atoms with Crippen molar-refractivity contribution < 1.29 is 9.53 Å². The second-order valence-electron chi connectivity index (χ2n) is 4.15. The molecule has 1 atom stereocenters. The standard InChI is InChI=1S/C14H19ClO2/c1-4-17-14(16)8-7-13(15)12-6-5-10(2)11(3)9-12/h5-6,9,13H,4,7-8H2,1-3H3. The van der Waals surface area contributed by atoms with Crippen LogP contribution in [0, 0.1) is 13.8 Å². The Balaban J connectivity index is 2.54. The number of benzene rings is 1. The Morgan fingerprint density at radius 3 is 2.65 bits per heavy atom. The highest BCUT2D eigenvalue weighted by molar-refractivity contribution is 6.20. The van der Waals surface area contributed by atoms with E-state index in [0.29, 0.717) is 19.4 Å². The topological polar surface area (TPSA) is 26.3 Å². The van der Waals surface area contributed by atoms with Crippen molar-refractivity contribution in [3.05, 3.63) is 34.9 Å². The van der Waals surface area contributed by atoms with Crippen LogP contribution in [0.4, 0.5) is 0 Å². The van der Waals surface area contributed by atoms with Gasteiger partial charge < -0.3 is 4.74 Å². The summed E-state index contributed by atoms with van der Waals surface area (Å²) >= 11 is 6.27. The molecule has 1 rings (SSSR count). The van der Waals surface area contributed by atoms with E-state index in [0.717, 1.165) is 5.56 Å². The predicted molar refractivity (Wildman–Crippen MR) is 70.4 cm³/mol. The van der Waals surface area contributed by atoms with Gasteiger partial charge in [0.15, 0.2) is 0 Å². The SMILES string of the molecule is CCOC(=O)CCC(Cl)c1ccc(C)c(C)c1. The predicted octanol–water partition coefficient (Wildman–Crippen LogP) is 3.93. The first-order chi connectivity index (χ1) is 8.04. The van der Waals surface area contributed by atoms with Crippen LogP contribution in [-0.2, 0) is 9.53 Å². The van der Waals surface area contributed by atoms with Crippen molar-refractivity contribution in [3.63, 3.8) is 0 Å². The maximum Gasteiger partial charge on any atom is 0.305 e. The molecule has 1 aromatic carbocycles. The Morgan fingerprint density at radius 1 is 1.35 bits per heavy atom. The molecular weight excluding hydrogens is 236 g/mol. The van der Waals surface area contributed by atoms with E-state index in [4.69, 9.17) is 16.3 Å². The summed E-state index contributed by atoms with van der Waals surface area (Å²) in [5.74, 6) is -0.179. The van der Waals surface area contributed by atoms with Crippen LogP contribution in [-0.4, -0.2) is 12.6 Å². The number of hydrogen-bond acceptors (Lipinski definition) is 2. The highest BCUT2D eigenvalue weighted by Crippen LogP contribution is 2.27. The van der Waals surface area contributed by atoms with Gasteiger partial charge in [-0.3, -0.25) is 4.79 Å². The molecule has 1 aromatic rings. The molecule has 94 valence electrons. The molecule has 0 spiro atoms. The maximum absolute atomic E-state index is 11.2. The molecule has 0 saturated heterocycles. The second-order valence-corrected chi connectivity index (χ2v) is 4.68. The van der Waals surface area contributed by atoms with Gasteiger partial charge in [0, 0.05) is 6.42 Å². The van der Waals surface area contributed by atoms with E-state index < -0.39 is 0 Å². The van der Waals surface area contributed by atoms with Gasteiger partial charge in [0.1, 0.15) is 0 Å². The van der Waals surface area contributed by atoms with E-state index >= 15 is 0 Å². The Hall–Kier alpha value is -1.02. The number of carbonyl (C=O) groups excluding carboxylic acids is 1. The summed E-state index contributed by atoms with van der Waals surface area (Å²) in [5, 5.41) is -0.126. The lowest BCUT2D eigenvalue weighted by atomic mass is 10.0. The summed E-state index contributed by atoms with van der Waals surface area (Å²) in [6.45, 7) is 6.36. The number of alkyl halides is 1. The zero-order valence-electron chi connectivity index (χ0n) is 10.6. The molecule has 2 nitrogen and oxygen atoms in total. The number of ether oxygens (including phenoxy) is 1. The van der Waals surface area contributed by atoms with Gasteiger partial charge in [0.05, 0.1) is 12.0 Å². The quantitative estimate of drug-likeness (QED) is 0.588. The summed E-state index contributed by atoms with van der Waals surface area (Å²) in [7, 11) is 0. The van der Waals surface area contributed by atoms with Crippen molar-refractivity contribution in [1.82, 2.24) is 0 Å². The van der Waals surface area contributed by atoms with Crippen molar-refractivity contribution in [1.29, 1.82) is 0 Å². The highest BCUT2D eigenvalue weighted by Gasteiger charge is 2.11. The molecule has 0 aromatic heterocycles. The number of hydrogen-bond donors (Lipinski definition) is 0. The summed E-state index contributed by atoms with van der Waals surface area (Å²) in [6.07, 6.45) is 0.984. The van der Waals surface area contributed by atoms with Crippen LogP contribution in [0.1, 0.15) is 41.8 Å². The minimum absolute atomic E-state index is 0.126. The van der Waals surface area contributed by atoms with E-state index in [-0.39, 0.29) is 11.3 Å². The summed E-state index contributed by atoms with van der Waals surface area (Å²) in [6, 6.07) is 6.16. The summed E-state index contributed by atoms with van der Waals surface area (Å²) < 4.78 is 4.87. The first-order valence-electron chi connectivity index (χ1n) is 5.91. The summed E-state index contributed by atoms with van der Waals surface area (Å²) in [5.41, 5.74) is 3.55. The molecule has 0 bridgehead atoms. The van der Waals surface area contributed by atoms with E-state index in [2.05, 4.69) is 26.0 Å². The van der Waals surface area contributed by atoms with E-state index in [1.807, 2.05) is 6.07 Å². The number of aryl methyl sites for hydroxylation is 2. The van der Waals surface area contributed by atoms with E-state index in [9.17, 15) is 4.79 Å². The molecular formula is C14H19ClO2. The van der Waals surface area contributed by atoms with Crippen LogP contribution in [0.25, 0.3) is 0 Å². The molecule has 0 aliphatic rings. The average molecular weight is 255 g/mol. The molecule has 0 aliphatic carbocycles. The first-order valence-corrected chi connectivity index (χ1v) is 6.35. The third-order valence-electron chi connectivity index (χ3n) is 2.80. The molecule has 0 saturated carbocycles. The maximum atomic E-state index is 11.2. The van der Waals surface area contributed by atoms with Crippen LogP contribution in [0.5, 0.6) is 0 Å². The largest absolute Gasteiger partial charge is 0.466 e. The van der Waals surface area contributed by atoms with Crippen LogP contribution in [0.2, 0.25) is 0 Å². The summed E-state index contributed by atoms with van der Waals surface area (Å²) in [4.78, 5) is 11.2. The normalized spacial score (nSPS) is 12.2. The molecule has 0 aliphatic heterocycles. The van der Waals surface area contributed by atoms with Gasteiger partial charge in [-0.1, -0.05) is 18.2 Å². The smallest absolute Gasteiger partial charge is 0.305 e. The van der Waals surface area contributed by atoms with Gasteiger partial charge in [0.2, 0.25) is 0 Å². The van der Waals surface area contributed by atoms with Crippen LogP contribution < -0.4 is 0 Å². The third-order valence-corrected chi connectivity index (χ3v) is 3.27. The number of rotatable bonds is 5. The molecule has 0 amide bonds. The fraction of sp³-hybridized carbons (Fsp3) is 0.500. The molecule has 0 N–H and O–H groups in total. The molecule has 0 heterocycles. The lowest BCUT2D eigenvalue weighted by Gasteiger charge is -2.11. The molecule has 0 fully saturated rings. The number of esters is 1. The van der Waals surface area contributed by atoms with Crippen molar-refractivity contribution in [3.8, 4) is 0 Å². The van der Waals surface area contributed by atoms with Crippen LogP contribution in [0.15, 0.2) is 18.2 Å². The van der Waals surface area contributed by atoms with E-state index in [1.54, 1.807) is 6.92 Å². The number of halogens is 1. The van der Waals surface area contributed by atoms with Gasteiger partial charge in [0.25, 0.3) is 0 Å². The fourth-order valence-electron chi connectivity index (χ4n) is 1.60. The van der Waals surface area contributed by atoms with Crippen molar-refractivity contribution in [2.75, 3.05) is 6.61 Å². The van der Waals surface area contributed by atoms with Gasteiger partial charge >= 0.3 is 5.97 Å². The Kier molecular flexibility index (Phi) is 5.49. The lowest BCUT2D eigenvalue weighted by molar-refractivity contribution is -0.143. The van der Waals surface area contributed by atoms with Gasteiger partial charge in [-0.15, -0.1) is 11.6 Å². The Morgan fingerprint density at radius 2 is 2.06 bits per heavy atom. The molecule has 1 unspecified atom stereocenters. The zero-order chi connectivity index (χ0) is 12.8. The molecule has 0 radical (unpaired) electrons. The van der Waals surface area contributed by atoms with Crippen molar-refractivity contribution >= 4 is 17.6 Å². The average Bonchev–Trinajstić information content (AvgIpc) is 2.30. The van der Waals surface area contributed by atoms with E-state index in [1.165, 1.54) is 11.1 Å². The third kappa shape index (κ3) is 4.39. The minimum Gasteiger partial charge on any atom is -0.466 e. The minimum atomic E-state index is -0.179. The Labute approximate surface area is 108 Å². The van der Waals surface area contributed by atoms with Gasteiger partial charge in [-0.05, 0) is 43.9 Å². The second kappa shape index (κ2) is 6.65. The molecule has 3 heteroatoms. The number of carbonyl (C=O) groups is 1. The van der Waals surface area contributed by atoms with Crippen molar-refractivity contribution in [2.24, 2.45) is 0 Å². The fourth-order valence-corrected chi connectivity index (χ4v) is 1.85. The monoisotopic (exact) mass is 254 g/mol. The van der Waals surface area contributed by atoms with Crippen LogP contribution in [0.3, 0.4) is 0 Å². The zero-order valence-corrected chi connectivity index (χ0v) is 11.4. The van der Waals surface area contributed by atoms with Gasteiger partial charge in [-0.2, -0.15) is 0 Å². The lowest BCUT2D eigenvalue weighted by Crippen LogP contribution is -2.05. The van der Waals surface area contributed by atoms with Crippen LogP contribution >= 0.6 is 11.6 Å². The van der Waals surface area contributed by atoms with Gasteiger partial charge in [-0.25, -0.2) is 0 Å². The first kappa shape index (κ1) is 14.0. The highest BCUT2D eigenvalue weighted by atomic mass is 35.5. The molecule has 17 heavy (non-hydrogen) atoms. The Bertz CT molecular complexity index is 388.